The summed E-state index contributed by atoms with van der Waals surface area (Å²) in [5, 5.41) is 0.348. The van der Waals surface area contributed by atoms with Gasteiger partial charge in [-0.05, 0) is 45.3 Å². The standard InChI is InChI=1S/C22H27N3O5S3/c1-16-8-10-17(11-9-16)33(29,30)15-12-20(26)25(14-13-24(2)3)22-23-21-18(31-22)6-5-7-19(21)32(4,27)28/h5-11H,12-15H2,1-4H3. The number of hydrogen-bond donors (Lipinski definition) is 0. The Morgan fingerprint density at radius 1 is 1.00 bits per heavy atom. The number of thiazole rings is 1. The number of fused-ring (bicyclic) bond motifs is 1. The Hall–Kier alpha value is -2.34. The van der Waals surface area contributed by atoms with Crippen LogP contribution in [0.25, 0.3) is 10.2 Å². The predicted molar refractivity (Wildman–Crippen MR) is 131 cm³/mol. The molecule has 0 N–H and O–H groups in total. The van der Waals surface area contributed by atoms with Gasteiger partial charge in [-0.15, -0.1) is 0 Å². The molecule has 1 aromatic heterocycles. The summed E-state index contributed by atoms with van der Waals surface area (Å²) in [5.74, 6) is -0.708. The van der Waals surface area contributed by atoms with Crippen molar-refractivity contribution in [3.05, 3.63) is 48.0 Å². The van der Waals surface area contributed by atoms with Crippen molar-refractivity contribution in [1.29, 1.82) is 0 Å². The molecule has 0 saturated carbocycles. The van der Waals surface area contributed by atoms with Crippen molar-refractivity contribution < 1.29 is 21.6 Å². The third kappa shape index (κ3) is 6.17. The average Bonchev–Trinajstić information content (AvgIpc) is 3.15. The molecule has 0 atom stereocenters. The summed E-state index contributed by atoms with van der Waals surface area (Å²) >= 11 is 1.21. The molecule has 0 radical (unpaired) electrons. The van der Waals surface area contributed by atoms with Crippen LogP contribution in [0.1, 0.15) is 12.0 Å². The Morgan fingerprint density at radius 3 is 2.27 bits per heavy atom. The predicted octanol–water partition coefficient (Wildman–Crippen LogP) is 2.77. The number of carbonyl (C=O) groups is 1. The highest BCUT2D eigenvalue weighted by Gasteiger charge is 2.24. The van der Waals surface area contributed by atoms with Crippen LogP contribution in [0.3, 0.4) is 0 Å². The van der Waals surface area contributed by atoms with E-state index < -0.39 is 19.7 Å². The molecular weight excluding hydrogens is 482 g/mol. The number of nitrogens with zero attached hydrogens (tertiary/aromatic N) is 3. The van der Waals surface area contributed by atoms with E-state index in [0.717, 1.165) is 11.8 Å². The van der Waals surface area contributed by atoms with E-state index in [9.17, 15) is 21.6 Å². The Kier molecular flexibility index (Phi) is 7.57. The monoisotopic (exact) mass is 509 g/mol. The van der Waals surface area contributed by atoms with Gasteiger partial charge in [0.25, 0.3) is 0 Å². The van der Waals surface area contributed by atoms with E-state index in [1.54, 1.807) is 36.4 Å². The van der Waals surface area contributed by atoms with Crippen LogP contribution in [0.15, 0.2) is 52.3 Å². The zero-order chi connectivity index (χ0) is 24.4. The molecule has 0 saturated heterocycles. The van der Waals surface area contributed by atoms with E-state index in [1.807, 2.05) is 25.9 Å². The maximum Gasteiger partial charge on any atom is 0.229 e. The van der Waals surface area contributed by atoms with Crippen molar-refractivity contribution in [2.75, 3.05) is 44.1 Å². The normalized spacial score (nSPS) is 12.4. The van der Waals surface area contributed by atoms with E-state index >= 15 is 0 Å². The minimum absolute atomic E-state index is 0.101. The smallest absolute Gasteiger partial charge is 0.229 e. The van der Waals surface area contributed by atoms with E-state index in [0.29, 0.717) is 28.4 Å². The van der Waals surface area contributed by atoms with Crippen LogP contribution in [0, 0.1) is 6.92 Å². The quantitative estimate of drug-likeness (QED) is 0.437. The molecule has 33 heavy (non-hydrogen) atoms. The number of hydrogen-bond acceptors (Lipinski definition) is 8. The average molecular weight is 510 g/mol. The van der Waals surface area contributed by atoms with Gasteiger partial charge in [0.2, 0.25) is 5.91 Å². The highest BCUT2D eigenvalue weighted by atomic mass is 32.2. The first-order chi connectivity index (χ1) is 15.4. The number of aryl methyl sites for hydroxylation is 1. The number of aromatic nitrogens is 1. The molecule has 8 nitrogen and oxygen atoms in total. The minimum Gasteiger partial charge on any atom is -0.308 e. The Balaban J connectivity index is 1.89. The highest BCUT2D eigenvalue weighted by molar-refractivity contribution is 7.91. The Morgan fingerprint density at radius 2 is 1.67 bits per heavy atom. The lowest BCUT2D eigenvalue weighted by Gasteiger charge is -2.22. The number of para-hydroxylation sites is 1. The Bertz CT molecular complexity index is 1360. The van der Waals surface area contributed by atoms with Crippen molar-refractivity contribution in [3.63, 3.8) is 0 Å². The van der Waals surface area contributed by atoms with Gasteiger partial charge >= 0.3 is 0 Å². The largest absolute Gasteiger partial charge is 0.308 e. The van der Waals surface area contributed by atoms with E-state index in [4.69, 9.17) is 0 Å². The van der Waals surface area contributed by atoms with Gasteiger partial charge in [-0.25, -0.2) is 21.8 Å². The zero-order valence-electron chi connectivity index (χ0n) is 19.0. The second-order valence-corrected chi connectivity index (χ2v) is 13.2. The van der Waals surface area contributed by atoms with Gasteiger partial charge in [-0.3, -0.25) is 9.69 Å². The fourth-order valence-corrected chi connectivity index (χ4v) is 6.34. The Labute approximate surface area is 198 Å². The van der Waals surface area contributed by atoms with E-state index in [-0.39, 0.29) is 27.9 Å². The summed E-state index contributed by atoms with van der Waals surface area (Å²) in [6.45, 7) is 2.70. The lowest BCUT2D eigenvalue weighted by Crippen LogP contribution is -2.37. The summed E-state index contributed by atoms with van der Waals surface area (Å²) in [5.41, 5.74) is 1.26. The highest BCUT2D eigenvalue weighted by Crippen LogP contribution is 2.33. The number of anilines is 1. The van der Waals surface area contributed by atoms with E-state index in [1.165, 1.54) is 22.3 Å². The van der Waals surface area contributed by atoms with Crippen molar-refractivity contribution in [1.82, 2.24) is 9.88 Å². The molecule has 0 fully saturated rings. The molecule has 3 aromatic rings. The van der Waals surface area contributed by atoms with Gasteiger partial charge < -0.3 is 4.90 Å². The van der Waals surface area contributed by atoms with Gasteiger partial charge in [-0.1, -0.05) is 35.1 Å². The molecule has 0 aliphatic carbocycles. The van der Waals surface area contributed by atoms with Crippen LogP contribution in [0.4, 0.5) is 5.13 Å². The molecule has 1 heterocycles. The molecule has 0 aliphatic rings. The van der Waals surface area contributed by atoms with Crippen LogP contribution in [0.2, 0.25) is 0 Å². The first kappa shape index (κ1) is 25.3. The van der Waals surface area contributed by atoms with Crippen molar-refractivity contribution in [2.24, 2.45) is 0 Å². The molecule has 0 bridgehead atoms. The second kappa shape index (κ2) is 9.88. The van der Waals surface area contributed by atoms with Gasteiger partial charge in [0.15, 0.2) is 24.8 Å². The molecule has 11 heteroatoms. The second-order valence-electron chi connectivity index (χ2n) is 8.10. The number of sulfone groups is 2. The van der Waals surface area contributed by atoms with Crippen molar-refractivity contribution in [3.8, 4) is 0 Å². The van der Waals surface area contributed by atoms with Crippen LogP contribution >= 0.6 is 11.3 Å². The van der Waals surface area contributed by atoms with Crippen molar-refractivity contribution in [2.45, 2.75) is 23.1 Å². The molecular formula is C22H27N3O5S3. The number of amides is 1. The summed E-state index contributed by atoms with van der Waals surface area (Å²) in [7, 11) is -3.39. The SMILES string of the molecule is Cc1ccc(S(=O)(=O)CCC(=O)N(CCN(C)C)c2nc3c(S(C)(=O)=O)cccc3s2)cc1. The lowest BCUT2D eigenvalue weighted by molar-refractivity contribution is -0.118. The fourth-order valence-electron chi connectivity index (χ4n) is 3.17. The summed E-state index contributed by atoms with van der Waals surface area (Å²) < 4.78 is 50.4. The molecule has 0 spiro atoms. The van der Waals surface area contributed by atoms with Gasteiger partial charge in [0.05, 0.1) is 20.2 Å². The number of carbonyl (C=O) groups excluding carboxylic acids is 1. The third-order valence-electron chi connectivity index (χ3n) is 5.04. The van der Waals surface area contributed by atoms with Crippen molar-refractivity contribution >= 4 is 52.3 Å². The molecule has 1 amide bonds. The van der Waals surface area contributed by atoms with Crippen LogP contribution in [-0.2, 0) is 24.5 Å². The maximum atomic E-state index is 13.1. The molecule has 3 rings (SSSR count). The van der Waals surface area contributed by atoms with Gasteiger partial charge in [0, 0.05) is 25.8 Å². The first-order valence-corrected chi connectivity index (χ1v) is 14.6. The van der Waals surface area contributed by atoms with E-state index in [2.05, 4.69) is 4.98 Å². The molecule has 178 valence electrons. The van der Waals surface area contributed by atoms with Crippen LogP contribution in [-0.4, -0.2) is 71.8 Å². The topological polar surface area (TPSA) is 105 Å². The summed E-state index contributed by atoms with van der Waals surface area (Å²) in [4.78, 5) is 21.2. The third-order valence-corrected chi connectivity index (χ3v) is 8.94. The number of rotatable bonds is 9. The molecule has 0 unspecified atom stereocenters. The zero-order valence-corrected chi connectivity index (χ0v) is 21.4. The van der Waals surface area contributed by atoms with Crippen LogP contribution in [0.5, 0.6) is 0 Å². The first-order valence-electron chi connectivity index (χ1n) is 10.2. The lowest BCUT2D eigenvalue weighted by atomic mass is 10.2. The fraction of sp³-hybridized carbons (Fsp3) is 0.364. The maximum absolute atomic E-state index is 13.1. The minimum atomic E-state index is -3.62. The summed E-state index contributed by atoms with van der Waals surface area (Å²) in [6, 6.07) is 11.4. The summed E-state index contributed by atoms with van der Waals surface area (Å²) in [6.07, 6.45) is 0.907. The van der Waals surface area contributed by atoms with Gasteiger partial charge in [-0.2, -0.15) is 0 Å². The molecule has 2 aromatic carbocycles. The number of likely N-dealkylation sites (N-methyl/N-ethyl adjacent to an activating group) is 1. The van der Waals surface area contributed by atoms with Gasteiger partial charge in [0.1, 0.15) is 5.52 Å². The van der Waals surface area contributed by atoms with Crippen LogP contribution < -0.4 is 4.90 Å². The number of benzene rings is 2. The molecule has 0 aliphatic heterocycles.